The fourth-order valence-electron chi connectivity index (χ4n) is 2.82. The van der Waals surface area contributed by atoms with Gasteiger partial charge in [-0.15, -0.1) is 0 Å². The van der Waals surface area contributed by atoms with Crippen LogP contribution in [0.1, 0.15) is 23.2 Å². The zero-order valence-electron chi connectivity index (χ0n) is 17.4. The van der Waals surface area contributed by atoms with Gasteiger partial charge in [-0.1, -0.05) is 15.9 Å². The molecule has 0 atom stereocenters. The van der Waals surface area contributed by atoms with Crippen molar-refractivity contribution in [1.29, 1.82) is 0 Å². The summed E-state index contributed by atoms with van der Waals surface area (Å²) in [5, 5.41) is 25.8. The number of carbonyl (C=O) groups excluding carboxylic acids is 1. The van der Waals surface area contributed by atoms with Crippen LogP contribution >= 0.6 is 23.8 Å². The Kier molecular flexibility index (Phi) is 11.4. The summed E-state index contributed by atoms with van der Waals surface area (Å²) in [5.41, 5.74) is -2.76. The van der Waals surface area contributed by atoms with E-state index in [0.717, 1.165) is 12.1 Å². The number of hydrogen-bond acceptors (Lipinski definition) is 10. The number of nitrogens with one attached hydrogen (secondary N) is 1. The van der Waals surface area contributed by atoms with Crippen molar-refractivity contribution in [2.24, 2.45) is 0 Å². The number of anilines is 1. The van der Waals surface area contributed by atoms with Crippen molar-refractivity contribution < 1.29 is 46.5 Å². The second-order valence-electron chi connectivity index (χ2n) is 6.59. The number of nitro benzene ring substituents is 2. The highest BCUT2D eigenvalue weighted by Gasteiger charge is 2.35. The molecule has 0 aliphatic carbocycles. The highest BCUT2D eigenvalue weighted by atomic mass is 79.9. The minimum absolute atomic E-state index is 0.0924. The molecule has 1 rings (SSSR count). The second-order valence-corrected chi connectivity index (χ2v) is 10.2. The van der Waals surface area contributed by atoms with Crippen molar-refractivity contribution in [3.63, 3.8) is 0 Å². The molecular formula is C15H22BrN4O12PS. The minimum Gasteiger partial charge on any atom is -0.365 e. The summed E-state index contributed by atoms with van der Waals surface area (Å²) in [6, 6.07) is 1.97. The number of nitrogens with zero attached hydrogens (tertiary/aromatic N) is 3. The molecule has 0 aliphatic heterocycles. The van der Waals surface area contributed by atoms with E-state index in [-0.39, 0.29) is 43.5 Å². The number of carbonyl (C=O) groups is 1. The standard InChI is InChI=1S/C15H22BrN4O12PS/c16-5-8-18(7-2-10-34(29,30)31)12-4-3-11(19(22)23)13(14(12)20(24)25)15(21)17-6-1-9-32-33(26,27)28/h3-4H,1-2,5-10H2,(H,17,21)(H2,26,27,28)(H,29,30,31). The highest BCUT2D eigenvalue weighted by molar-refractivity contribution is 9.09. The average Bonchev–Trinajstić information content (AvgIpc) is 2.69. The second kappa shape index (κ2) is 13.0. The van der Waals surface area contributed by atoms with Gasteiger partial charge in [-0.3, -0.25) is 34.1 Å². The van der Waals surface area contributed by atoms with Gasteiger partial charge in [0.2, 0.25) is 0 Å². The molecule has 0 aliphatic rings. The van der Waals surface area contributed by atoms with E-state index < -0.39 is 63.0 Å². The van der Waals surface area contributed by atoms with Gasteiger partial charge in [0.05, 0.1) is 22.2 Å². The van der Waals surface area contributed by atoms with Gasteiger partial charge < -0.3 is 20.0 Å². The van der Waals surface area contributed by atoms with Crippen LogP contribution in [0, 0.1) is 20.2 Å². The lowest BCUT2D eigenvalue weighted by molar-refractivity contribution is -0.394. The molecule has 0 spiro atoms. The van der Waals surface area contributed by atoms with Crippen LogP contribution < -0.4 is 10.2 Å². The lowest BCUT2D eigenvalue weighted by atomic mass is 10.1. The van der Waals surface area contributed by atoms with Gasteiger partial charge in [0, 0.05) is 31.0 Å². The number of rotatable bonds is 15. The van der Waals surface area contributed by atoms with Gasteiger partial charge in [0.15, 0.2) is 5.56 Å². The first kappa shape index (κ1) is 29.8. The smallest absolute Gasteiger partial charge is 0.365 e. The maximum atomic E-state index is 12.7. The molecule has 0 bridgehead atoms. The normalized spacial score (nSPS) is 11.8. The fourth-order valence-corrected chi connectivity index (χ4v) is 4.11. The lowest BCUT2D eigenvalue weighted by Crippen LogP contribution is -2.31. The topological polar surface area (TPSA) is 240 Å². The molecular weight excluding hydrogens is 571 g/mol. The Morgan fingerprint density at radius 3 is 2.32 bits per heavy atom. The van der Waals surface area contributed by atoms with Gasteiger partial charge in [-0.2, -0.15) is 8.42 Å². The largest absolute Gasteiger partial charge is 0.469 e. The SMILES string of the molecule is O=C(NCCCOP(=O)(O)O)c1c([N+](=O)[O-])ccc(N(CCBr)CCCS(=O)(=O)O)c1[N+](=O)[O-]. The molecule has 4 N–H and O–H groups in total. The zero-order valence-corrected chi connectivity index (χ0v) is 20.7. The molecule has 1 aromatic carbocycles. The van der Waals surface area contributed by atoms with Gasteiger partial charge in [0.1, 0.15) is 5.69 Å². The van der Waals surface area contributed by atoms with Crippen LogP contribution in [0.5, 0.6) is 0 Å². The molecule has 16 nitrogen and oxygen atoms in total. The van der Waals surface area contributed by atoms with Crippen LogP contribution in [0.25, 0.3) is 0 Å². The molecule has 34 heavy (non-hydrogen) atoms. The van der Waals surface area contributed by atoms with Gasteiger partial charge >= 0.3 is 13.5 Å². The number of amides is 1. The first-order valence-electron chi connectivity index (χ1n) is 9.38. The van der Waals surface area contributed by atoms with Crippen LogP contribution in [0.2, 0.25) is 0 Å². The van der Waals surface area contributed by atoms with Crippen molar-refractivity contribution in [2.45, 2.75) is 12.8 Å². The maximum Gasteiger partial charge on any atom is 0.469 e. The number of benzene rings is 1. The van der Waals surface area contributed by atoms with Crippen LogP contribution in [-0.4, -0.2) is 75.8 Å². The predicted molar refractivity (Wildman–Crippen MR) is 122 cm³/mol. The summed E-state index contributed by atoms with van der Waals surface area (Å²) in [6.45, 7) is -0.714. The van der Waals surface area contributed by atoms with Gasteiger partial charge in [0.25, 0.3) is 21.7 Å². The van der Waals surface area contributed by atoms with E-state index in [1.807, 2.05) is 0 Å². The van der Waals surface area contributed by atoms with E-state index in [0.29, 0.717) is 0 Å². The summed E-state index contributed by atoms with van der Waals surface area (Å²) >= 11 is 3.15. The fraction of sp³-hybridized carbons (Fsp3) is 0.533. The van der Waals surface area contributed by atoms with Crippen molar-refractivity contribution in [3.05, 3.63) is 37.9 Å². The Labute approximate surface area is 201 Å². The molecule has 0 saturated carbocycles. The Balaban J connectivity index is 3.31. The minimum atomic E-state index is -4.73. The number of nitro groups is 2. The Morgan fingerprint density at radius 1 is 1.18 bits per heavy atom. The van der Waals surface area contributed by atoms with Gasteiger partial charge in [-0.05, 0) is 18.9 Å². The quantitative estimate of drug-likeness (QED) is 0.0559. The van der Waals surface area contributed by atoms with Crippen molar-refractivity contribution in [1.82, 2.24) is 5.32 Å². The third kappa shape index (κ3) is 9.96. The summed E-state index contributed by atoms with van der Waals surface area (Å²) in [4.78, 5) is 52.7. The monoisotopic (exact) mass is 592 g/mol. The molecule has 0 saturated heterocycles. The Morgan fingerprint density at radius 2 is 1.82 bits per heavy atom. The third-order valence-electron chi connectivity index (χ3n) is 4.13. The molecule has 0 fully saturated rings. The summed E-state index contributed by atoms with van der Waals surface area (Å²) < 4.78 is 45.7. The van der Waals surface area contributed by atoms with Crippen molar-refractivity contribution in [2.75, 3.05) is 42.2 Å². The van der Waals surface area contributed by atoms with E-state index in [2.05, 4.69) is 25.8 Å². The molecule has 192 valence electrons. The zero-order chi connectivity index (χ0) is 26.1. The molecule has 1 amide bonds. The van der Waals surface area contributed by atoms with Crippen molar-refractivity contribution >= 4 is 56.8 Å². The number of alkyl halides is 1. The Bertz CT molecular complexity index is 1060. The van der Waals surface area contributed by atoms with Crippen LogP contribution in [-0.2, 0) is 19.2 Å². The van der Waals surface area contributed by atoms with Crippen LogP contribution in [0.3, 0.4) is 0 Å². The molecule has 0 unspecified atom stereocenters. The Hall–Kier alpha value is -2.21. The average molecular weight is 593 g/mol. The van der Waals surface area contributed by atoms with E-state index in [1.165, 1.54) is 4.90 Å². The molecule has 19 heteroatoms. The van der Waals surface area contributed by atoms with Crippen LogP contribution in [0.15, 0.2) is 12.1 Å². The van der Waals surface area contributed by atoms with E-state index in [1.54, 1.807) is 0 Å². The van der Waals surface area contributed by atoms with E-state index in [9.17, 15) is 38.0 Å². The van der Waals surface area contributed by atoms with Crippen molar-refractivity contribution in [3.8, 4) is 0 Å². The number of phosphoric acid groups is 1. The number of halogens is 1. The third-order valence-corrected chi connectivity index (χ3v) is 5.81. The molecule has 0 heterocycles. The highest BCUT2D eigenvalue weighted by Crippen LogP contribution is 2.38. The predicted octanol–water partition coefficient (Wildman–Crippen LogP) is 1.21. The number of phosphoric ester groups is 1. The first-order chi connectivity index (χ1) is 15.7. The molecule has 1 aromatic rings. The molecule has 0 radical (unpaired) electrons. The summed E-state index contributed by atoms with van der Waals surface area (Å²) in [6.07, 6.45) is -0.232. The lowest BCUT2D eigenvalue weighted by Gasteiger charge is -2.24. The summed E-state index contributed by atoms with van der Waals surface area (Å²) in [5.74, 6) is -1.80. The van der Waals surface area contributed by atoms with Crippen LogP contribution in [0.4, 0.5) is 17.1 Å². The summed E-state index contributed by atoms with van der Waals surface area (Å²) in [7, 11) is -9.02. The number of hydrogen-bond donors (Lipinski definition) is 4. The van der Waals surface area contributed by atoms with E-state index in [4.69, 9.17) is 14.3 Å². The maximum absolute atomic E-state index is 12.7. The molecule has 0 aromatic heterocycles. The first-order valence-corrected chi connectivity index (χ1v) is 13.6. The van der Waals surface area contributed by atoms with E-state index >= 15 is 0 Å². The van der Waals surface area contributed by atoms with Gasteiger partial charge in [-0.25, -0.2) is 4.57 Å².